The van der Waals surface area contributed by atoms with E-state index >= 15 is 0 Å². The molecule has 2 aromatic rings. The molecule has 4 heteroatoms. The summed E-state index contributed by atoms with van der Waals surface area (Å²) in [5, 5.41) is 0. The molecule has 0 unspecified atom stereocenters. The van der Waals surface area contributed by atoms with Crippen LogP contribution in [-0.2, 0) is 0 Å². The molecule has 3 N–H and O–H groups in total. The Kier molecular flexibility index (Phi) is 6.11. The number of hydrogen-bond acceptors (Lipinski definition) is 3. The predicted octanol–water partition coefficient (Wildman–Crippen LogP) is 2.59. The van der Waals surface area contributed by atoms with Gasteiger partial charge >= 0.3 is 0 Å². The number of anilines is 1. The van der Waals surface area contributed by atoms with E-state index in [0.29, 0.717) is 5.82 Å². The maximum atomic E-state index is 5.42. The molecule has 0 saturated carbocycles. The highest BCUT2D eigenvalue weighted by Crippen LogP contribution is 2.08. The number of hydrogen-bond donors (Lipinski definition) is 2. The first kappa shape index (κ1) is 12.4. The number of pyridine rings is 1. The summed E-state index contributed by atoms with van der Waals surface area (Å²) in [6, 6.07) is 1.73. The van der Waals surface area contributed by atoms with Gasteiger partial charge in [0, 0.05) is 6.07 Å². The van der Waals surface area contributed by atoms with Gasteiger partial charge in [0.1, 0.15) is 5.82 Å². The number of nitrogen functional groups attached to an aromatic ring is 1. The average molecular weight is 194 g/mol. The van der Waals surface area contributed by atoms with Crippen molar-refractivity contribution in [1.29, 1.82) is 0 Å². The van der Waals surface area contributed by atoms with Gasteiger partial charge in [0.15, 0.2) is 0 Å². The van der Waals surface area contributed by atoms with Crippen molar-refractivity contribution in [2.45, 2.75) is 27.7 Å². The lowest BCUT2D eigenvalue weighted by Crippen LogP contribution is -1.87. The number of aromatic nitrogens is 3. The smallest absolute Gasteiger partial charge is 0.125 e. The molecular weight excluding hydrogens is 176 g/mol. The van der Waals surface area contributed by atoms with Crippen LogP contribution in [-0.4, -0.2) is 15.0 Å². The summed E-state index contributed by atoms with van der Waals surface area (Å²) < 4.78 is 0. The molecule has 0 amide bonds. The fourth-order valence-electron chi connectivity index (χ4n) is 0.850. The van der Waals surface area contributed by atoms with Crippen molar-refractivity contribution in [2.75, 3.05) is 5.73 Å². The van der Waals surface area contributed by atoms with Crippen LogP contribution in [0.5, 0.6) is 0 Å². The van der Waals surface area contributed by atoms with Crippen molar-refractivity contribution in [2.24, 2.45) is 0 Å². The summed E-state index contributed by atoms with van der Waals surface area (Å²) in [6.07, 6.45) is 3.28. The van der Waals surface area contributed by atoms with E-state index in [9.17, 15) is 0 Å². The second kappa shape index (κ2) is 6.88. The van der Waals surface area contributed by atoms with Crippen LogP contribution in [0.2, 0.25) is 0 Å². The molecule has 0 saturated heterocycles. The Morgan fingerprint density at radius 3 is 2.43 bits per heavy atom. The Morgan fingerprint density at radius 1 is 1.14 bits per heavy atom. The third-order valence-corrected chi connectivity index (χ3v) is 1.33. The lowest BCUT2D eigenvalue weighted by atomic mass is 10.4. The van der Waals surface area contributed by atoms with Gasteiger partial charge in [0.2, 0.25) is 0 Å². The molecule has 14 heavy (non-hydrogen) atoms. The van der Waals surface area contributed by atoms with E-state index in [1.165, 1.54) is 0 Å². The number of nitrogens with zero attached hydrogens (tertiary/aromatic N) is 2. The zero-order chi connectivity index (χ0) is 11.0. The molecule has 4 nitrogen and oxygen atoms in total. The minimum atomic E-state index is 0.500. The van der Waals surface area contributed by atoms with Gasteiger partial charge in [-0.2, -0.15) is 0 Å². The van der Waals surface area contributed by atoms with E-state index in [0.717, 1.165) is 11.0 Å². The first-order valence-corrected chi connectivity index (χ1v) is 4.91. The molecule has 0 aliphatic carbocycles. The number of nitrogens with one attached hydrogen (secondary N) is 1. The summed E-state index contributed by atoms with van der Waals surface area (Å²) >= 11 is 0. The van der Waals surface area contributed by atoms with Crippen molar-refractivity contribution >= 4 is 16.9 Å². The molecule has 0 aliphatic heterocycles. The molecule has 0 atom stereocenters. The number of fused-ring (bicyclic) bond motifs is 1. The van der Waals surface area contributed by atoms with E-state index in [1.807, 2.05) is 27.7 Å². The van der Waals surface area contributed by atoms with E-state index in [1.54, 1.807) is 18.6 Å². The Balaban J connectivity index is 0.000000379. The van der Waals surface area contributed by atoms with Gasteiger partial charge in [-0.25, -0.2) is 9.97 Å². The van der Waals surface area contributed by atoms with E-state index in [-0.39, 0.29) is 0 Å². The second-order valence-corrected chi connectivity index (χ2v) is 2.03. The van der Waals surface area contributed by atoms with E-state index < -0.39 is 0 Å². The fraction of sp³-hybridized carbons (Fsp3) is 0.400. The monoisotopic (exact) mass is 194 g/mol. The number of rotatable bonds is 0. The lowest BCUT2D eigenvalue weighted by Gasteiger charge is -1.88. The van der Waals surface area contributed by atoms with Gasteiger partial charge in [-0.15, -0.1) is 0 Å². The van der Waals surface area contributed by atoms with Crippen LogP contribution >= 0.6 is 0 Å². The largest absolute Gasteiger partial charge is 0.384 e. The fourth-order valence-corrected chi connectivity index (χ4v) is 0.850. The topological polar surface area (TPSA) is 67.6 Å². The Hall–Kier alpha value is -1.58. The lowest BCUT2D eigenvalue weighted by molar-refractivity contribution is 1.33. The molecule has 0 spiro atoms. The van der Waals surface area contributed by atoms with Gasteiger partial charge in [-0.1, -0.05) is 27.7 Å². The third-order valence-electron chi connectivity index (χ3n) is 1.33. The molecule has 78 valence electrons. The first-order valence-electron chi connectivity index (χ1n) is 4.91. The highest BCUT2D eigenvalue weighted by atomic mass is 14.9. The first-order chi connectivity index (χ1) is 6.86. The normalized spacial score (nSPS) is 8.29. The standard InChI is InChI=1S/C6H6N4.2C2H6/c7-6-1-4-5(2-8-6)10-3-9-4;2*1-2/h1-3H,(H2,7,8)(H,9,10);2*1-2H3. The van der Waals surface area contributed by atoms with Crippen LogP contribution in [0, 0.1) is 0 Å². The molecule has 2 rings (SSSR count). The van der Waals surface area contributed by atoms with Crippen LogP contribution in [0.4, 0.5) is 5.82 Å². The van der Waals surface area contributed by atoms with Crippen LogP contribution < -0.4 is 5.73 Å². The van der Waals surface area contributed by atoms with Gasteiger partial charge < -0.3 is 10.7 Å². The molecule has 0 aromatic carbocycles. The van der Waals surface area contributed by atoms with Crippen LogP contribution in [0.1, 0.15) is 27.7 Å². The van der Waals surface area contributed by atoms with Crippen molar-refractivity contribution < 1.29 is 0 Å². The minimum Gasteiger partial charge on any atom is -0.384 e. The Bertz CT molecular complexity index is 354. The highest BCUT2D eigenvalue weighted by Gasteiger charge is 1.94. The van der Waals surface area contributed by atoms with Crippen molar-refractivity contribution in [1.82, 2.24) is 15.0 Å². The molecule has 2 aromatic heterocycles. The zero-order valence-corrected chi connectivity index (χ0v) is 9.20. The van der Waals surface area contributed by atoms with Gasteiger partial charge in [0.05, 0.1) is 23.6 Å². The predicted molar refractivity (Wildman–Crippen MR) is 61.0 cm³/mol. The maximum Gasteiger partial charge on any atom is 0.125 e. The van der Waals surface area contributed by atoms with Crippen molar-refractivity contribution in [3.05, 3.63) is 18.6 Å². The van der Waals surface area contributed by atoms with Gasteiger partial charge in [-0.3, -0.25) is 0 Å². The molecular formula is C10H18N4. The molecule has 0 aliphatic rings. The maximum absolute atomic E-state index is 5.42. The van der Waals surface area contributed by atoms with Crippen molar-refractivity contribution in [3.8, 4) is 0 Å². The number of H-pyrrole nitrogens is 1. The molecule has 2 heterocycles. The van der Waals surface area contributed by atoms with Crippen LogP contribution in [0.15, 0.2) is 18.6 Å². The zero-order valence-electron chi connectivity index (χ0n) is 9.20. The van der Waals surface area contributed by atoms with Gasteiger partial charge in [0.25, 0.3) is 0 Å². The molecule has 0 fully saturated rings. The minimum absolute atomic E-state index is 0.500. The Labute approximate surface area is 84.6 Å². The summed E-state index contributed by atoms with van der Waals surface area (Å²) in [5.41, 5.74) is 7.18. The summed E-state index contributed by atoms with van der Waals surface area (Å²) in [5.74, 6) is 0.500. The van der Waals surface area contributed by atoms with Crippen molar-refractivity contribution in [3.63, 3.8) is 0 Å². The quantitative estimate of drug-likeness (QED) is 0.677. The summed E-state index contributed by atoms with van der Waals surface area (Å²) in [4.78, 5) is 10.8. The molecule has 0 radical (unpaired) electrons. The SMILES string of the molecule is CC.CC.Nc1cc2nc[nH]c2cn1. The summed E-state index contributed by atoms with van der Waals surface area (Å²) in [7, 11) is 0. The van der Waals surface area contributed by atoms with Crippen LogP contribution in [0.3, 0.4) is 0 Å². The number of nitrogens with two attached hydrogens (primary N) is 1. The average Bonchev–Trinajstić information content (AvgIpc) is 2.71. The number of imidazole rings is 1. The Morgan fingerprint density at radius 2 is 1.79 bits per heavy atom. The van der Waals surface area contributed by atoms with Crippen LogP contribution in [0.25, 0.3) is 11.0 Å². The van der Waals surface area contributed by atoms with E-state index in [2.05, 4.69) is 15.0 Å². The summed E-state index contributed by atoms with van der Waals surface area (Å²) in [6.45, 7) is 8.00. The van der Waals surface area contributed by atoms with E-state index in [4.69, 9.17) is 5.73 Å². The second-order valence-electron chi connectivity index (χ2n) is 2.03. The van der Waals surface area contributed by atoms with Gasteiger partial charge in [-0.05, 0) is 0 Å². The molecule has 0 bridgehead atoms. The highest BCUT2D eigenvalue weighted by molar-refractivity contribution is 5.75. The third kappa shape index (κ3) is 3.05. The number of aromatic amines is 1.